The Bertz CT molecular complexity index is 117. The molecule has 0 radical (unpaired) electrons. The van der Waals surface area contributed by atoms with Crippen molar-refractivity contribution >= 4 is 15.9 Å². The molecule has 0 aromatic carbocycles. The summed E-state index contributed by atoms with van der Waals surface area (Å²) in [7, 11) is 0. The molecule has 0 aromatic heterocycles. The molecule has 0 saturated heterocycles. The normalized spacial score (nSPS) is 10.9. The maximum absolute atomic E-state index is 5.08. The number of alkyl halides is 1. The second-order valence-electron chi connectivity index (χ2n) is 1.51. The van der Waals surface area contributed by atoms with Crippen LogP contribution in [0.5, 0.6) is 0 Å². The Morgan fingerprint density at radius 3 is 2.88 bits per heavy atom. The monoisotopic (exact) mass is 172 g/mol. The van der Waals surface area contributed by atoms with Gasteiger partial charge in [0.05, 0.1) is 0 Å². The van der Waals surface area contributed by atoms with Crippen LogP contribution in [-0.2, 0) is 0 Å². The summed E-state index contributed by atoms with van der Waals surface area (Å²) in [5, 5.41) is 0.992. The van der Waals surface area contributed by atoms with Crippen LogP contribution in [0.4, 0.5) is 0 Å². The first kappa shape index (κ1) is 7.78. The smallest absolute Gasteiger partial charge is 0.00663 e. The van der Waals surface area contributed by atoms with Crippen LogP contribution in [0.1, 0.15) is 13.3 Å². The molecule has 0 N–H and O–H groups in total. The summed E-state index contributed by atoms with van der Waals surface area (Å²) in [4.78, 5) is 0. The lowest BCUT2D eigenvalue weighted by Crippen LogP contribution is -1.70. The number of hydrogen-bond acceptors (Lipinski definition) is 0. The van der Waals surface area contributed by atoms with Gasteiger partial charge in [-0.3, -0.25) is 0 Å². The number of halogens is 1. The van der Waals surface area contributed by atoms with Crippen molar-refractivity contribution in [2.75, 3.05) is 5.33 Å². The van der Waals surface area contributed by atoms with Crippen molar-refractivity contribution in [3.05, 3.63) is 11.6 Å². The van der Waals surface area contributed by atoms with Crippen molar-refractivity contribution in [1.29, 1.82) is 0 Å². The summed E-state index contributed by atoms with van der Waals surface area (Å²) in [6.07, 6.45) is 8.14. The molecule has 0 aromatic rings. The molecule has 0 bridgehead atoms. The maximum Gasteiger partial charge on any atom is 0.00663 e. The van der Waals surface area contributed by atoms with Crippen LogP contribution in [0, 0.1) is 12.3 Å². The van der Waals surface area contributed by atoms with Gasteiger partial charge in [0.2, 0.25) is 0 Å². The molecule has 0 amide bonds. The Labute approximate surface area is 59.1 Å². The van der Waals surface area contributed by atoms with E-state index in [4.69, 9.17) is 6.42 Å². The molecule has 0 atom stereocenters. The average Bonchev–Trinajstić information content (AvgIpc) is 1.83. The Balaban J connectivity index is 3.46. The molecule has 0 aliphatic heterocycles. The van der Waals surface area contributed by atoms with Gasteiger partial charge in [-0.15, -0.1) is 6.42 Å². The third-order valence-corrected chi connectivity index (χ3v) is 1.25. The van der Waals surface area contributed by atoms with E-state index >= 15 is 0 Å². The highest BCUT2D eigenvalue weighted by molar-refractivity contribution is 9.09. The topological polar surface area (TPSA) is 0 Å². The third kappa shape index (κ3) is 3.95. The third-order valence-electron chi connectivity index (χ3n) is 0.787. The fourth-order valence-corrected chi connectivity index (χ4v) is 0.559. The molecule has 0 heterocycles. The van der Waals surface area contributed by atoms with Gasteiger partial charge in [-0.2, -0.15) is 0 Å². The molecule has 8 heavy (non-hydrogen) atoms. The van der Waals surface area contributed by atoms with Crippen molar-refractivity contribution in [3.63, 3.8) is 0 Å². The zero-order chi connectivity index (χ0) is 6.41. The van der Waals surface area contributed by atoms with E-state index in [-0.39, 0.29) is 0 Å². The predicted octanol–water partition coefficient (Wildman–Crippen LogP) is 2.35. The lowest BCUT2D eigenvalue weighted by Gasteiger charge is -1.83. The zero-order valence-corrected chi connectivity index (χ0v) is 6.53. The molecule has 0 saturated carbocycles. The second kappa shape index (κ2) is 4.93. The van der Waals surface area contributed by atoms with E-state index in [0.29, 0.717) is 0 Å². The standard InChI is InChI=1S/C7H9Br/c1-3-7(2)5-4-6-8/h1,5H,4,6H2,2H3/b7-5-. The van der Waals surface area contributed by atoms with Crippen molar-refractivity contribution < 1.29 is 0 Å². The summed E-state index contributed by atoms with van der Waals surface area (Å²) in [6.45, 7) is 1.93. The summed E-state index contributed by atoms with van der Waals surface area (Å²) >= 11 is 3.29. The Morgan fingerprint density at radius 1 is 1.88 bits per heavy atom. The summed E-state index contributed by atoms with van der Waals surface area (Å²) in [5.41, 5.74) is 1.02. The minimum Gasteiger partial charge on any atom is -0.115 e. The fourth-order valence-electron chi connectivity index (χ4n) is 0.330. The van der Waals surface area contributed by atoms with Crippen molar-refractivity contribution in [2.24, 2.45) is 0 Å². The molecule has 0 aliphatic rings. The second-order valence-corrected chi connectivity index (χ2v) is 2.30. The first-order valence-electron chi connectivity index (χ1n) is 2.50. The van der Waals surface area contributed by atoms with E-state index in [2.05, 4.69) is 21.9 Å². The highest BCUT2D eigenvalue weighted by Gasteiger charge is 1.77. The molecule has 0 aliphatic carbocycles. The Kier molecular flexibility index (Phi) is 4.79. The van der Waals surface area contributed by atoms with Crippen LogP contribution in [0.3, 0.4) is 0 Å². The molecule has 0 spiro atoms. The molecular weight excluding hydrogens is 164 g/mol. The highest BCUT2D eigenvalue weighted by Crippen LogP contribution is 1.94. The number of terminal acetylenes is 1. The van der Waals surface area contributed by atoms with Gasteiger partial charge in [0.25, 0.3) is 0 Å². The molecule has 1 heteroatoms. The SMILES string of the molecule is C#C/C(C)=C\CCBr. The van der Waals surface area contributed by atoms with E-state index < -0.39 is 0 Å². The minimum atomic E-state index is 0.992. The van der Waals surface area contributed by atoms with Crippen LogP contribution in [0.15, 0.2) is 11.6 Å². The molecule has 0 unspecified atom stereocenters. The minimum absolute atomic E-state index is 0.992. The Hall–Kier alpha value is -0.220. The average molecular weight is 173 g/mol. The van der Waals surface area contributed by atoms with Gasteiger partial charge in [-0.25, -0.2) is 0 Å². The van der Waals surface area contributed by atoms with Crippen LogP contribution in [-0.4, -0.2) is 5.33 Å². The van der Waals surface area contributed by atoms with Gasteiger partial charge in [0.15, 0.2) is 0 Å². The van der Waals surface area contributed by atoms with Crippen molar-refractivity contribution in [3.8, 4) is 12.3 Å². The van der Waals surface area contributed by atoms with E-state index in [9.17, 15) is 0 Å². The maximum atomic E-state index is 5.08. The molecule has 0 nitrogen and oxygen atoms in total. The molecule has 44 valence electrons. The van der Waals surface area contributed by atoms with Crippen LogP contribution >= 0.6 is 15.9 Å². The Morgan fingerprint density at radius 2 is 2.50 bits per heavy atom. The summed E-state index contributed by atoms with van der Waals surface area (Å²) in [5.74, 6) is 2.54. The molecular formula is C7H9Br. The van der Waals surface area contributed by atoms with E-state index in [1.807, 2.05) is 13.0 Å². The number of rotatable bonds is 2. The largest absolute Gasteiger partial charge is 0.115 e. The van der Waals surface area contributed by atoms with Gasteiger partial charge in [0, 0.05) is 5.33 Å². The highest BCUT2D eigenvalue weighted by atomic mass is 79.9. The van der Waals surface area contributed by atoms with Gasteiger partial charge in [-0.05, 0) is 18.9 Å². The number of hydrogen-bond donors (Lipinski definition) is 0. The van der Waals surface area contributed by atoms with E-state index in [0.717, 1.165) is 17.3 Å². The molecule has 0 fully saturated rings. The molecule has 0 rings (SSSR count). The number of allylic oxidation sites excluding steroid dienone is 2. The van der Waals surface area contributed by atoms with Gasteiger partial charge >= 0.3 is 0 Å². The lowest BCUT2D eigenvalue weighted by atomic mass is 10.3. The first-order chi connectivity index (χ1) is 3.81. The van der Waals surface area contributed by atoms with Crippen molar-refractivity contribution in [2.45, 2.75) is 13.3 Å². The summed E-state index contributed by atoms with van der Waals surface area (Å²) in [6, 6.07) is 0. The predicted molar refractivity (Wildman–Crippen MR) is 41.0 cm³/mol. The van der Waals surface area contributed by atoms with Crippen LogP contribution < -0.4 is 0 Å². The zero-order valence-electron chi connectivity index (χ0n) is 4.95. The van der Waals surface area contributed by atoms with Gasteiger partial charge in [0.1, 0.15) is 0 Å². The van der Waals surface area contributed by atoms with E-state index in [1.165, 1.54) is 0 Å². The fraction of sp³-hybridized carbons (Fsp3) is 0.429. The lowest BCUT2D eigenvalue weighted by molar-refractivity contribution is 1.23. The summed E-state index contributed by atoms with van der Waals surface area (Å²) < 4.78 is 0. The quantitative estimate of drug-likeness (QED) is 0.444. The van der Waals surface area contributed by atoms with Gasteiger partial charge in [-0.1, -0.05) is 27.9 Å². The van der Waals surface area contributed by atoms with E-state index in [1.54, 1.807) is 0 Å². The van der Waals surface area contributed by atoms with Crippen LogP contribution in [0.2, 0.25) is 0 Å². The van der Waals surface area contributed by atoms with Gasteiger partial charge < -0.3 is 0 Å². The van der Waals surface area contributed by atoms with Crippen molar-refractivity contribution in [1.82, 2.24) is 0 Å². The first-order valence-corrected chi connectivity index (χ1v) is 3.62. The van der Waals surface area contributed by atoms with Crippen LogP contribution in [0.25, 0.3) is 0 Å².